The topological polar surface area (TPSA) is 53.0 Å². The van der Waals surface area contributed by atoms with Crippen LogP contribution in [0.25, 0.3) is 28.1 Å². The minimum absolute atomic E-state index is 0.0260. The lowest BCUT2D eigenvalue weighted by molar-refractivity contribution is -0.908. The first-order valence-electron chi connectivity index (χ1n) is 10.2. The second-order valence-corrected chi connectivity index (χ2v) is 7.62. The lowest BCUT2D eigenvalue weighted by Crippen LogP contribution is -3.14. The Balaban J connectivity index is 1.68. The Morgan fingerprint density at radius 2 is 1.72 bits per heavy atom. The Morgan fingerprint density at radius 1 is 1.03 bits per heavy atom. The van der Waals surface area contributed by atoms with Gasteiger partial charge in [0.1, 0.15) is 24.5 Å². The van der Waals surface area contributed by atoms with Gasteiger partial charge in [0.2, 0.25) is 5.78 Å². The minimum Gasteiger partial charge on any atom is -0.370 e. The van der Waals surface area contributed by atoms with Gasteiger partial charge in [-0.15, -0.1) is 0 Å². The molecule has 0 amide bonds. The van der Waals surface area contributed by atoms with Crippen molar-refractivity contribution in [1.82, 2.24) is 14.0 Å². The van der Waals surface area contributed by atoms with E-state index in [9.17, 15) is 4.79 Å². The fourth-order valence-corrected chi connectivity index (χ4v) is 4.33. The summed E-state index contributed by atoms with van der Waals surface area (Å²) >= 11 is 0. The third-order valence-electron chi connectivity index (χ3n) is 5.78. The number of ketones is 1. The van der Waals surface area contributed by atoms with E-state index in [4.69, 9.17) is 9.72 Å². The number of ether oxygens (including phenoxy) is 1. The Morgan fingerprint density at radius 3 is 2.45 bits per heavy atom. The molecule has 6 nitrogen and oxygen atoms in total. The summed E-state index contributed by atoms with van der Waals surface area (Å²) in [7, 11) is 0. The number of rotatable bonds is 5. The number of aromatic nitrogens is 3. The molecule has 4 aromatic rings. The van der Waals surface area contributed by atoms with Crippen LogP contribution in [0.2, 0.25) is 0 Å². The summed E-state index contributed by atoms with van der Waals surface area (Å²) in [5.74, 6) is 0.862. The van der Waals surface area contributed by atoms with Crippen LogP contribution in [-0.4, -0.2) is 52.6 Å². The molecule has 0 radical (unpaired) electrons. The molecule has 2 aromatic carbocycles. The summed E-state index contributed by atoms with van der Waals surface area (Å²) in [6, 6.07) is 18.2. The molecule has 0 spiro atoms. The van der Waals surface area contributed by atoms with Gasteiger partial charge in [0, 0.05) is 12.5 Å². The number of morpholine rings is 1. The van der Waals surface area contributed by atoms with E-state index in [2.05, 4.69) is 16.7 Å². The summed E-state index contributed by atoms with van der Waals surface area (Å²) < 4.78 is 9.79. The van der Waals surface area contributed by atoms with Crippen LogP contribution in [0, 0.1) is 0 Å². The molecule has 0 bridgehead atoms. The van der Waals surface area contributed by atoms with Gasteiger partial charge in [-0.25, -0.2) is 4.98 Å². The predicted octanol–water partition coefficient (Wildman–Crippen LogP) is 2.07. The Kier molecular flexibility index (Phi) is 4.66. The van der Waals surface area contributed by atoms with E-state index >= 15 is 0 Å². The summed E-state index contributed by atoms with van der Waals surface area (Å²) in [4.78, 5) is 19.2. The highest BCUT2D eigenvalue weighted by Crippen LogP contribution is 2.30. The van der Waals surface area contributed by atoms with Crippen LogP contribution in [-0.2, 0) is 11.3 Å². The summed E-state index contributed by atoms with van der Waals surface area (Å²) in [5, 5.41) is 0. The summed E-state index contributed by atoms with van der Waals surface area (Å²) in [5.41, 5.74) is 4.52. The van der Waals surface area contributed by atoms with Crippen molar-refractivity contribution in [3.63, 3.8) is 0 Å². The van der Waals surface area contributed by atoms with Gasteiger partial charge >= 0.3 is 0 Å². The Hall–Kier alpha value is -2.96. The summed E-state index contributed by atoms with van der Waals surface area (Å²) in [6.45, 7) is 7.23. The number of benzene rings is 2. The molecule has 1 aliphatic rings. The number of Topliss-reactive ketones (excluding diaryl/α,β-unsaturated/α-hetero) is 1. The van der Waals surface area contributed by atoms with E-state index in [-0.39, 0.29) is 5.78 Å². The van der Waals surface area contributed by atoms with Crippen molar-refractivity contribution in [2.75, 3.05) is 32.8 Å². The summed E-state index contributed by atoms with van der Waals surface area (Å²) in [6.07, 6.45) is 0. The van der Waals surface area contributed by atoms with Gasteiger partial charge in [-0.1, -0.05) is 42.5 Å². The smallest absolute Gasteiger partial charge is 0.216 e. The maximum atomic E-state index is 12.7. The largest absolute Gasteiger partial charge is 0.370 e. The third kappa shape index (κ3) is 3.14. The Bertz CT molecular complexity index is 1170. The van der Waals surface area contributed by atoms with Crippen molar-refractivity contribution in [2.24, 2.45) is 0 Å². The molecule has 0 unspecified atom stereocenters. The van der Waals surface area contributed by atoms with Crippen molar-refractivity contribution in [3.8, 4) is 11.3 Å². The standard InChI is InChI=1S/C23H24N4O2/c1-17(28)22-21(18-7-3-2-4-8-18)24-23-26(12-11-25-13-15-29-16-14-25)19-9-5-6-10-20(19)27(22)23/h2-10H,11-16H2,1H3/p+1. The van der Waals surface area contributed by atoms with Gasteiger partial charge in [-0.05, 0) is 12.1 Å². The van der Waals surface area contributed by atoms with Gasteiger partial charge < -0.3 is 14.2 Å². The van der Waals surface area contributed by atoms with Crippen LogP contribution in [0.15, 0.2) is 54.6 Å². The zero-order valence-corrected chi connectivity index (χ0v) is 16.6. The minimum atomic E-state index is 0.0260. The number of hydrogen-bond acceptors (Lipinski definition) is 3. The van der Waals surface area contributed by atoms with E-state index in [0.29, 0.717) is 5.69 Å². The molecular weight excluding hydrogens is 364 g/mol. The number of nitrogens with one attached hydrogen (secondary N) is 1. The fraction of sp³-hybridized carbons (Fsp3) is 0.304. The van der Waals surface area contributed by atoms with Crippen molar-refractivity contribution in [2.45, 2.75) is 13.5 Å². The number of fused-ring (bicyclic) bond motifs is 3. The molecular formula is C23H25N4O2+. The van der Waals surface area contributed by atoms with Gasteiger partial charge in [0.25, 0.3) is 0 Å². The number of imidazole rings is 2. The van der Waals surface area contributed by atoms with E-state index < -0.39 is 0 Å². The number of quaternary nitrogens is 1. The zero-order chi connectivity index (χ0) is 19.8. The molecule has 0 saturated carbocycles. The van der Waals surface area contributed by atoms with Gasteiger partial charge in [-0.3, -0.25) is 9.20 Å². The highest BCUT2D eigenvalue weighted by atomic mass is 16.5. The molecule has 5 rings (SSSR count). The molecule has 2 aromatic heterocycles. The molecule has 0 aliphatic carbocycles. The number of carbonyl (C=O) groups is 1. The maximum Gasteiger partial charge on any atom is 0.216 e. The second-order valence-electron chi connectivity index (χ2n) is 7.62. The van der Waals surface area contributed by atoms with E-state index in [0.717, 1.165) is 67.5 Å². The molecule has 29 heavy (non-hydrogen) atoms. The number of carbonyl (C=O) groups excluding carboxylic acids is 1. The van der Waals surface area contributed by atoms with Crippen LogP contribution in [0.5, 0.6) is 0 Å². The van der Waals surface area contributed by atoms with E-state index in [1.807, 2.05) is 46.9 Å². The van der Waals surface area contributed by atoms with E-state index in [1.54, 1.807) is 11.8 Å². The molecule has 148 valence electrons. The molecule has 0 atom stereocenters. The van der Waals surface area contributed by atoms with Crippen LogP contribution >= 0.6 is 0 Å². The zero-order valence-electron chi connectivity index (χ0n) is 16.6. The average Bonchev–Trinajstić information content (AvgIpc) is 3.29. The number of para-hydroxylation sites is 2. The quantitative estimate of drug-likeness (QED) is 0.532. The number of nitrogens with zero attached hydrogens (tertiary/aromatic N) is 3. The van der Waals surface area contributed by atoms with Crippen molar-refractivity contribution >= 4 is 22.6 Å². The maximum absolute atomic E-state index is 12.7. The monoisotopic (exact) mass is 389 g/mol. The molecule has 1 fully saturated rings. The average molecular weight is 389 g/mol. The van der Waals surface area contributed by atoms with Crippen molar-refractivity contribution < 1.29 is 14.4 Å². The molecule has 3 heterocycles. The fourth-order valence-electron chi connectivity index (χ4n) is 4.33. The normalized spacial score (nSPS) is 15.3. The predicted molar refractivity (Wildman–Crippen MR) is 113 cm³/mol. The first-order chi connectivity index (χ1) is 14.2. The highest BCUT2D eigenvalue weighted by molar-refractivity contribution is 6.01. The van der Waals surface area contributed by atoms with Crippen molar-refractivity contribution in [1.29, 1.82) is 0 Å². The van der Waals surface area contributed by atoms with Crippen LogP contribution in [0.3, 0.4) is 0 Å². The van der Waals surface area contributed by atoms with E-state index in [1.165, 1.54) is 0 Å². The van der Waals surface area contributed by atoms with Crippen molar-refractivity contribution in [3.05, 3.63) is 60.3 Å². The van der Waals surface area contributed by atoms with Crippen LogP contribution < -0.4 is 4.90 Å². The van der Waals surface area contributed by atoms with Crippen LogP contribution in [0.4, 0.5) is 0 Å². The third-order valence-corrected chi connectivity index (χ3v) is 5.78. The Labute approximate surface area is 169 Å². The lowest BCUT2D eigenvalue weighted by Gasteiger charge is -2.23. The first kappa shape index (κ1) is 18.1. The van der Waals surface area contributed by atoms with Crippen LogP contribution in [0.1, 0.15) is 17.4 Å². The SMILES string of the molecule is CC(=O)c1c(-c2ccccc2)nc2n(CC[NH+]3CCOCC3)c3ccccc3n12. The lowest BCUT2D eigenvalue weighted by atomic mass is 10.1. The molecule has 1 aliphatic heterocycles. The second kappa shape index (κ2) is 7.46. The first-order valence-corrected chi connectivity index (χ1v) is 10.2. The van der Waals surface area contributed by atoms with Gasteiger partial charge in [0.05, 0.1) is 37.3 Å². The molecule has 1 N–H and O–H groups in total. The molecule has 6 heteroatoms. The highest BCUT2D eigenvalue weighted by Gasteiger charge is 2.24. The molecule has 1 saturated heterocycles. The van der Waals surface area contributed by atoms with Gasteiger partial charge in [0.15, 0.2) is 5.78 Å². The number of hydrogen-bond donors (Lipinski definition) is 1. The van der Waals surface area contributed by atoms with Gasteiger partial charge in [-0.2, -0.15) is 0 Å².